The second-order valence-corrected chi connectivity index (χ2v) is 6.19. The zero-order chi connectivity index (χ0) is 15.1. The molecule has 5 nitrogen and oxygen atoms in total. The second kappa shape index (κ2) is 8.25. The Labute approximate surface area is 127 Å². The molecule has 0 saturated heterocycles. The van der Waals surface area contributed by atoms with E-state index in [0.29, 0.717) is 23.7 Å². The van der Waals surface area contributed by atoms with Gasteiger partial charge in [0.15, 0.2) is 0 Å². The molecule has 0 aliphatic carbocycles. The Morgan fingerprint density at radius 2 is 1.65 bits per heavy atom. The molecule has 0 fully saturated rings. The second-order valence-electron chi connectivity index (χ2n) is 5.85. The zero-order valence-electron chi connectivity index (χ0n) is 13.1. The van der Waals surface area contributed by atoms with Gasteiger partial charge < -0.3 is 10.2 Å². The van der Waals surface area contributed by atoms with Gasteiger partial charge >= 0.3 is 0 Å². The maximum Gasteiger partial charge on any atom is 0.231 e. The van der Waals surface area contributed by atoms with Gasteiger partial charge in [-0.2, -0.15) is 15.0 Å². The van der Waals surface area contributed by atoms with Gasteiger partial charge in [0.25, 0.3) is 0 Å². The van der Waals surface area contributed by atoms with Crippen molar-refractivity contribution in [2.24, 2.45) is 11.8 Å². The van der Waals surface area contributed by atoms with E-state index in [1.807, 2.05) is 0 Å². The molecule has 20 heavy (non-hydrogen) atoms. The summed E-state index contributed by atoms with van der Waals surface area (Å²) in [4.78, 5) is 15.1. The number of nitrogens with zero attached hydrogens (tertiary/aromatic N) is 4. The zero-order valence-corrected chi connectivity index (χ0v) is 13.9. The van der Waals surface area contributed by atoms with E-state index in [-0.39, 0.29) is 5.28 Å². The first-order valence-electron chi connectivity index (χ1n) is 7.32. The van der Waals surface area contributed by atoms with Gasteiger partial charge in [0.1, 0.15) is 0 Å². The van der Waals surface area contributed by atoms with Gasteiger partial charge in [0.2, 0.25) is 17.2 Å². The van der Waals surface area contributed by atoms with Crippen LogP contribution >= 0.6 is 11.6 Å². The Balaban J connectivity index is 2.95. The molecule has 0 atom stereocenters. The van der Waals surface area contributed by atoms with Crippen LogP contribution in [0.1, 0.15) is 41.0 Å². The lowest BCUT2D eigenvalue weighted by molar-refractivity contribution is 0.543. The first kappa shape index (κ1) is 17.0. The van der Waals surface area contributed by atoms with E-state index in [2.05, 4.69) is 59.8 Å². The van der Waals surface area contributed by atoms with Crippen LogP contribution in [0.2, 0.25) is 5.28 Å². The molecule has 0 aliphatic rings. The summed E-state index contributed by atoms with van der Waals surface area (Å²) in [5, 5.41) is 3.41. The number of hydrogen-bond donors (Lipinski definition) is 1. The van der Waals surface area contributed by atoms with Gasteiger partial charge in [0, 0.05) is 19.6 Å². The number of rotatable bonds is 8. The number of aromatic nitrogens is 3. The van der Waals surface area contributed by atoms with E-state index in [0.717, 1.165) is 26.1 Å². The highest BCUT2D eigenvalue weighted by Crippen LogP contribution is 2.16. The molecule has 1 rings (SSSR count). The Bertz CT molecular complexity index is 399. The van der Waals surface area contributed by atoms with E-state index >= 15 is 0 Å². The summed E-state index contributed by atoms with van der Waals surface area (Å²) in [6.07, 6.45) is 1.01. The van der Waals surface area contributed by atoms with Crippen LogP contribution in [0.5, 0.6) is 0 Å². The molecule has 0 unspecified atom stereocenters. The third-order valence-corrected chi connectivity index (χ3v) is 2.75. The summed E-state index contributed by atoms with van der Waals surface area (Å²) in [6, 6.07) is 0. The quantitative estimate of drug-likeness (QED) is 0.796. The Morgan fingerprint density at radius 1 is 1.05 bits per heavy atom. The number of anilines is 2. The van der Waals surface area contributed by atoms with Gasteiger partial charge in [-0.3, -0.25) is 0 Å². The monoisotopic (exact) mass is 299 g/mol. The van der Waals surface area contributed by atoms with Crippen LogP contribution in [-0.4, -0.2) is 34.6 Å². The van der Waals surface area contributed by atoms with E-state index < -0.39 is 0 Å². The van der Waals surface area contributed by atoms with Crippen molar-refractivity contribution >= 4 is 23.5 Å². The summed E-state index contributed by atoms with van der Waals surface area (Å²) in [5.74, 6) is 2.29. The molecule has 0 amide bonds. The molecule has 1 aromatic rings. The fraction of sp³-hybridized carbons (Fsp3) is 0.786. The standard InChI is InChI=1S/C14H26ClN5/c1-6-7-16-13-17-12(15)18-14(19-13)20(8-10(2)3)9-11(4)5/h10-11H,6-9H2,1-5H3,(H,16,17,18,19). The van der Waals surface area contributed by atoms with Crippen LogP contribution in [0.4, 0.5) is 11.9 Å². The summed E-state index contributed by atoms with van der Waals surface area (Å²) >= 11 is 6.02. The predicted octanol–water partition coefficient (Wildman–Crippen LogP) is 3.47. The number of nitrogens with one attached hydrogen (secondary N) is 1. The van der Waals surface area contributed by atoms with E-state index in [9.17, 15) is 0 Å². The maximum atomic E-state index is 6.02. The minimum absolute atomic E-state index is 0.242. The van der Waals surface area contributed by atoms with Crippen molar-refractivity contribution in [3.05, 3.63) is 5.28 Å². The first-order chi connectivity index (χ1) is 9.42. The summed E-state index contributed by atoms with van der Waals surface area (Å²) < 4.78 is 0. The lowest BCUT2D eigenvalue weighted by Crippen LogP contribution is -2.33. The third kappa shape index (κ3) is 5.90. The van der Waals surface area contributed by atoms with Crippen LogP contribution < -0.4 is 10.2 Å². The van der Waals surface area contributed by atoms with Gasteiger partial charge in [-0.15, -0.1) is 0 Å². The van der Waals surface area contributed by atoms with Gasteiger partial charge in [-0.05, 0) is 29.9 Å². The van der Waals surface area contributed by atoms with Crippen LogP contribution in [0, 0.1) is 11.8 Å². The highest BCUT2D eigenvalue weighted by atomic mass is 35.5. The molecule has 0 aromatic carbocycles. The minimum Gasteiger partial charge on any atom is -0.354 e. The van der Waals surface area contributed by atoms with Gasteiger partial charge in [-0.1, -0.05) is 34.6 Å². The van der Waals surface area contributed by atoms with Crippen molar-refractivity contribution in [2.45, 2.75) is 41.0 Å². The Kier molecular flexibility index (Phi) is 6.99. The maximum absolute atomic E-state index is 6.02. The molecule has 0 spiro atoms. The molecule has 0 aliphatic heterocycles. The SMILES string of the molecule is CCCNc1nc(Cl)nc(N(CC(C)C)CC(C)C)n1. The third-order valence-electron chi connectivity index (χ3n) is 2.58. The summed E-state index contributed by atoms with van der Waals surface area (Å²) in [6.45, 7) is 13.5. The highest BCUT2D eigenvalue weighted by Gasteiger charge is 2.15. The average molecular weight is 300 g/mol. The van der Waals surface area contributed by atoms with E-state index in [4.69, 9.17) is 11.6 Å². The van der Waals surface area contributed by atoms with Crippen molar-refractivity contribution < 1.29 is 0 Å². The molecule has 1 heterocycles. The lowest BCUT2D eigenvalue weighted by Gasteiger charge is -2.26. The molecular formula is C14H26ClN5. The largest absolute Gasteiger partial charge is 0.354 e. The number of hydrogen-bond acceptors (Lipinski definition) is 5. The van der Waals surface area contributed by atoms with Crippen LogP contribution in [0.3, 0.4) is 0 Å². The van der Waals surface area contributed by atoms with Crippen LogP contribution in [0.15, 0.2) is 0 Å². The van der Waals surface area contributed by atoms with Crippen LogP contribution in [0.25, 0.3) is 0 Å². The van der Waals surface area contributed by atoms with Gasteiger partial charge in [0.05, 0.1) is 0 Å². The van der Waals surface area contributed by atoms with E-state index in [1.165, 1.54) is 0 Å². The fourth-order valence-electron chi connectivity index (χ4n) is 1.92. The predicted molar refractivity (Wildman–Crippen MR) is 85.5 cm³/mol. The van der Waals surface area contributed by atoms with Crippen molar-refractivity contribution in [1.29, 1.82) is 0 Å². The molecule has 1 aromatic heterocycles. The average Bonchev–Trinajstić information content (AvgIpc) is 2.33. The summed E-state index contributed by atoms with van der Waals surface area (Å²) in [5.41, 5.74) is 0. The molecule has 0 radical (unpaired) electrons. The van der Waals surface area contributed by atoms with Crippen molar-refractivity contribution in [3.8, 4) is 0 Å². The smallest absolute Gasteiger partial charge is 0.231 e. The molecular weight excluding hydrogens is 274 g/mol. The highest BCUT2D eigenvalue weighted by molar-refractivity contribution is 6.28. The van der Waals surface area contributed by atoms with Crippen molar-refractivity contribution in [3.63, 3.8) is 0 Å². The molecule has 6 heteroatoms. The Hall–Kier alpha value is -1.10. The molecule has 0 saturated carbocycles. The fourth-order valence-corrected chi connectivity index (χ4v) is 2.07. The van der Waals surface area contributed by atoms with Gasteiger partial charge in [-0.25, -0.2) is 0 Å². The summed E-state index contributed by atoms with van der Waals surface area (Å²) in [7, 11) is 0. The van der Waals surface area contributed by atoms with Crippen molar-refractivity contribution in [1.82, 2.24) is 15.0 Å². The Morgan fingerprint density at radius 3 is 2.15 bits per heavy atom. The van der Waals surface area contributed by atoms with E-state index in [1.54, 1.807) is 0 Å². The lowest BCUT2D eigenvalue weighted by atomic mass is 10.1. The van der Waals surface area contributed by atoms with Crippen molar-refractivity contribution in [2.75, 3.05) is 29.9 Å². The normalized spacial score (nSPS) is 11.2. The molecule has 0 bridgehead atoms. The topological polar surface area (TPSA) is 53.9 Å². The molecule has 114 valence electrons. The molecule has 1 N–H and O–H groups in total. The van der Waals surface area contributed by atoms with Crippen LogP contribution in [-0.2, 0) is 0 Å². The first-order valence-corrected chi connectivity index (χ1v) is 7.70. The minimum atomic E-state index is 0.242. The number of halogens is 1.